The maximum atomic E-state index is 12.1. The number of nitrogens with one attached hydrogen (secondary N) is 2. The maximum Gasteiger partial charge on any atom is 0.224 e. The van der Waals surface area contributed by atoms with Crippen LogP contribution < -0.4 is 21.1 Å². The van der Waals surface area contributed by atoms with E-state index in [2.05, 4.69) is 61.2 Å². The molecule has 177 valence electrons. The largest absolute Gasteiger partial charge is 0.491 e. The van der Waals surface area contributed by atoms with Crippen LogP contribution in [-0.4, -0.2) is 80.1 Å². The van der Waals surface area contributed by atoms with Crippen molar-refractivity contribution in [2.75, 3.05) is 52.4 Å². The fraction of sp³-hybridized carbons (Fsp3) is 0.609. The first-order chi connectivity index (χ1) is 15.4. The number of hydrogen-bond donors (Lipinski definition) is 3. The van der Waals surface area contributed by atoms with Crippen molar-refractivity contribution in [3.63, 3.8) is 0 Å². The second-order valence-electron chi connectivity index (χ2n) is 8.68. The lowest BCUT2D eigenvalue weighted by atomic mass is 10.0. The zero-order chi connectivity index (χ0) is 22.9. The van der Waals surface area contributed by atoms with Crippen LogP contribution in [0.4, 0.5) is 0 Å². The number of amides is 2. The van der Waals surface area contributed by atoms with E-state index in [4.69, 9.17) is 10.5 Å². The molecule has 1 radical (unpaired) electrons. The molecule has 0 aliphatic carbocycles. The Kier molecular flexibility index (Phi) is 10.0. The summed E-state index contributed by atoms with van der Waals surface area (Å²) in [6.45, 7) is 10.2. The number of nitrogens with two attached hydrogens (primary N) is 1. The van der Waals surface area contributed by atoms with Crippen LogP contribution in [-0.2, 0) is 16.1 Å². The van der Waals surface area contributed by atoms with Gasteiger partial charge in [0, 0.05) is 64.3 Å². The number of benzene rings is 1. The lowest BCUT2D eigenvalue weighted by Crippen LogP contribution is -2.44. The summed E-state index contributed by atoms with van der Waals surface area (Å²) in [5, 5.41) is 6.42. The standard InChI is InChI=1S/C23H35IN5O3/c1-17(23(25)31)2-5-22(30)27-19-6-9-29(16-19)15-18-3-4-20(24)21(14-18)32-13-12-28-10-7-26-8-11-28/h3-5,14,17,19,26H,2,6-13,15-16H2,1H3,(H2,25,31)(H,27,30)/t17-,19-/m0/s1. The first kappa shape index (κ1) is 25.2. The predicted octanol–water partition coefficient (Wildman–Crippen LogP) is 0.981. The summed E-state index contributed by atoms with van der Waals surface area (Å²) in [6.07, 6.45) is 2.82. The molecule has 2 fully saturated rings. The van der Waals surface area contributed by atoms with Gasteiger partial charge in [0.2, 0.25) is 11.8 Å². The first-order valence-electron chi connectivity index (χ1n) is 11.4. The van der Waals surface area contributed by atoms with Crippen molar-refractivity contribution in [1.82, 2.24) is 20.4 Å². The Hall–Kier alpha value is -1.43. The van der Waals surface area contributed by atoms with E-state index in [1.807, 2.05) is 0 Å². The van der Waals surface area contributed by atoms with E-state index in [0.29, 0.717) is 13.0 Å². The normalized spacial score (nSPS) is 20.8. The van der Waals surface area contributed by atoms with Gasteiger partial charge in [-0.25, -0.2) is 0 Å². The van der Waals surface area contributed by atoms with Crippen LogP contribution in [0.5, 0.6) is 5.75 Å². The van der Waals surface area contributed by atoms with E-state index in [0.717, 1.165) is 68.1 Å². The number of halogens is 1. The number of piperazine rings is 1. The number of carbonyl (C=O) groups is 2. The number of primary amides is 1. The van der Waals surface area contributed by atoms with Gasteiger partial charge >= 0.3 is 0 Å². The Morgan fingerprint density at radius 3 is 2.84 bits per heavy atom. The lowest BCUT2D eigenvalue weighted by Gasteiger charge is -2.27. The van der Waals surface area contributed by atoms with Crippen LogP contribution in [0, 0.1) is 15.9 Å². The molecule has 1 aromatic carbocycles. The minimum absolute atomic E-state index is 0.126. The Labute approximate surface area is 204 Å². The molecule has 32 heavy (non-hydrogen) atoms. The second-order valence-corrected chi connectivity index (χ2v) is 9.84. The molecule has 2 saturated heterocycles. The summed E-state index contributed by atoms with van der Waals surface area (Å²) in [4.78, 5) is 28.0. The molecule has 2 amide bonds. The summed E-state index contributed by atoms with van der Waals surface area (Å²) < 4.78 is 7.22. The molecule has 2 atom stereocenters. The monoisotopic (exact) mass is 556 g/mol. The van der Waals surface area contributed by atoms with Crippen LogP contribution >= 0.6 is 22.6 Å². The van der Waals surface area contributed by atoms with Crippen LogP contribution in [0.1, 0.15) is 25.3 Å². The van der Waals surface area contributed by atoms with Crippen LogP contribution in [0.15, 0.2) is 18.2 Å². The van der Waals surface area contributed by atoms with Crippen molar-refractivity contribution in [3.8, 4) is 5.75 Å². The molecule has 0 aromatic heterocycles. The summed E-state index contributed by atoms with van der Waals surface area (Å²) in [7, 11) is 0. The molecule has 3 rings (SSSR count). The van der Waals surface area contributed by atoms with Crippen molar-refractivity contribution >= 4 is 34.4 Å². The highest BCUT2D eigenvalue weighted by atomic mass is 127. The molecule has 4 N–H and O–H groups in total. The number of ether oxygens (including phenoxy) is 1. The third kappa shape index (κ3) is 8.17. The molecule has 2 aliphatic rings. The molecule has 9 heteroatoms. The fourth-order valence-electron chi connectivity index (χ4n) is 3.99. The Morgan fingerprint density at radius 2 is 2.09 bits per heavy atom. The van der Waals surface area contributed by atoms with Gasteiger partial charge in [-0.15, -0.1) is 0 Å². The molecule has 0 bridgehead atoms. The molecule has 8 nitrogen and oxygen atoms in total. The summed E-state index contributed by atoms with van der Waals surface area (Å²) in [5.41, 5.74) is 6.47. The van der Waals surface area contributed by atoms with Gasteiger partial charge in [-0.2, -0.15) is 0 Å². The Morgan fingerprint density at radius 1 is 1.31 bits per heavy atom. The third-order valence-electron chi connectivity index (χ3n) is 6.04. The zero-order valence-corrected chi connectivity index (χ0v) is 21.0. The van der Waals surface area contributed by atoms with Crippen molar-refractivity contribution in [2.45, 2.75) is 32.4 Å². The molecule has 1 aromatic rings. The smallest absolute Gasteiger partial charge is 0.224 e. The lowest BCUT2D eigenvalue weighted by molar-refractivity contribution is -0.121. The van der Waals surface area contributed by atoms with Gasteiger partial charge in [-0.05, 0) is 53.1 Å². The van der Waals surface area contributed by atoms with E-state index in [9.17, 15) is 9.59 Å². The highest BCUT2D eigenvalue weighted by Gasteiger charge is 2.24. The number of hydrogen-bond acceptors (Lipinski definition) is 6. The molecule has 0 saturated carbocycles. The average molecular weight is 556 g/mol. The Balaban J connectivity index is 1.41. The minimum atomic E-state index is -0.384. The Bertz CT molecular complexity index is 772. The maximum absolute atomic E-state index is 12.1. The number of nitrogens with zero attached hydrogens (tertiary/aromatic N) is 2. The third-order valence-corrected chi connectivity index (χ3v) is 6.93. The molecule has 2 heterocycles. The van der Waals surface area contributed by atoms with Gasteiger partial charge < -0.3 is 21.1 Å². The average Bonchev–Trinajstić information content (AvgIpc) is 3.21. The number of likely N-dealkylation sites (tertiary alicyclic amines) is 1. The van der Waals surface area contributed by atoms with Crippen molar-refractivity contribution in [1.29, 1.82) is 0 Å². The molecule has 0 spiro atoms. The minimum Gasteiger partial charge on any atom is -0.491 e. The number of carbonyl (C=O) groups excluding carboxylic acids is 2. The quantitative estimate of drug-likeness (QED) is 0.352. The molecular formula is C23H35IN5O3. The van der Waals surface area contributed by atoms with Crippen molar-refractivity contribution in [2.24, 2.45) is 11.7 Å². The van der Waals surface area contributed by atoms with E-state index in [-0.39, 0.29) is 23.8 Å². The SMILES string of the molecule is C[C@@H](C[CH]C(=O)N[C@H]1CCN(Cc2ccc(I)c(OCCN3CCNCC3)c2)C1)C(N)=O. The van der Waals surface area contributed by atoms with Crippen LogP contribution in [0.25, 0.3) is 0 Å². The van der Waals surface area contributed by atoms with Gasteiger partial charge in [-0.1, -0.05) is 13.0 Å². The van der Waals surface area contributed by atoms with E-state index in [1.165, 1.54) is 12.0 Å². The highest BCUT2D eigenvalue weighted by Crippen LogP contribution is 2.24. The molecular weight excluding hydrogens is 521 g/mol. The number of rotatable bonds is 11. The van der Waals surface area contributed by atoms with Gasteiger partial charge in [0.05, 0.1) is 9.99 Å². The first-order valence-corrected chi connectivity index (χ1v) is 12.5. The van der Waals surface area contributed by atoms with Gasteiger partial charge in [0.15, 0.2) is 0 Å². The van der Waals surface area contributed by atoms with Crippen LogP contribution in [0.3, 0.4) is 0 Å². The predicted molar refractivity (Wildman–Crippen MR) is 133 cm³/mol. The zero-order valence-electron chi connectivity index (χ0n) is 18.8. The topological polar surface area (TPSA) is 99.9 Å². The second kappa shape index (κ2) is 12.7. The van der Waals surface area contributed by atoms with Crippen LogP contribution in [0.2, 0.25) is 0 Å². The summed E-state index contributed by atoms with van der Waals surface area (Å²) in [5.74, 6) is 0.112. The molecule has 0 unspecified atom stereocenters. The van der Waals surface area contributed by atoms with Gasteiger partial charge in [-0.3, -0.25) is 19.4 Å². The van der Waals surface area contributed by atoms with E-state index < -0.39 is 0 Å². The van der Waals surface area contributed by atoms with E-state index >= 15 is 0 Å². The van der Waals surface area contributed by atoms with E-state index in [1.54, 1.807) is 6.92 Å². The van der Waals surface area contributed by atoms with Gasteiger partial charge in [0.25, 0.3) is 0 Å². The van der Waals surface area contributed by atoms with Crippen molar-refractivity contribution in [3.05, 3.63) is 33.8 Å². The summed E-state index contributed by atoms with van der Waals surface area (Å²) >= 11 is 2.33. The van der Waals surface area contributed by atoms with Crippen molar-refractivity contribution < 1.29 is 14.3 Å². The highest BCUT2D eigenvalue weighted by molar-refractivity contribution is 14.1. The molecule has 2 aliphatic heterocycles. The fourth-order valence-corrected chi connectivity index (χ4v) is 4.48. The van der Waals surface area contributed by atoms with Gasteiger partial charge in [0.1, 0.15) is 12.4 Å². The summed E-state index contributed by atoms with van der Waals surface area (Å²) in [6, 6.07) is 6.53.